The minimum absolute atomic E-state index is 0.0329. The van der Waals surface area contributed by atoms with Crippen molar-refractivity contribution >= 4 is 40.2 Å². The van der Waals surface area contributed by atoms with Crippen LogP contribution in [0.5, 0.6) is 0 Å². The van der Waals surface area contributed by atoms with Gasteiger partial charge in [0, 0.05) is 6.20 Å². The molecule has 0 spiro atoms. The van der Waals surface area contributed by atoms with Gasteiger partial charge in [-0.3, -0.25) is 19.6 Å². The van der Waals surface area contributed by atoms with Crippen LogP contribution >= 0.6 is 0 Å². The molecule has 1 aliphatic rings. The molecule has 29 heavy (non-hydrogen) atoms. The average molecular weight is 392 g/mol. The molecule has 1 fully saturated rings. The lowest BCUT2D eigenvalue weighted by Gasteiger charge is -2.17. The predicted molar refractivity (Wildman–Crippen MR) is 107 cm³/mol. The van der Waals surface area contributed by atoms with Gasteiger partial charge in [0.2, 0.25) is 5.91 Å². The zero-order valence-electron chi connectivity index (χ0n) is 15.5. The van der Waals surface area contributed by atoms with Gasteiger partial charge in [0.25, 0.3) is 5.91 Å². The molecule has 2 amide bonds. The number of carbonyl (C=O) groups is 2. The molecule has 6 N–H and O–H groups in total. The Balaban J connectivity index is 1.61. The Morgan fingerprint density at radius 2 is 1.97 bits per heavy atom. The van der Waals surface area contributed by atoms with Gasteiger partial charge in [-0.05, 0) is 30.5 Å². The highest BCUT2D eigenvalue weighted by atomic mass is 16.1. The maximum Gasteiger partial charge on any atom is 0.271 e. The number of hydrogen-bond donors (Lipinski definition) is 4. The van der Waals surface area contributed by atoms with E-state index in [4.69, 9.17) is 11.5 Å². The molecule has 3 heterocycles. The summed E-state index contributed by atoms with van der Waals surface area (Å²) in [6, 6.07) is 4.85. The van der Waals surface area contributed by atoms with Crippen LogP contribution in [0.1, 0.15) is 29.8 Å². The van der Waals surface area contributed by atoms with Crippen LogP contribution < -0.4 is 22.1 Å². The minimum atomic E-state index is -0.733. The SMILES string of the molecule is NC(=O)c1ncc(NC(CC2CC2)C(N)=O)nc1Nc1cnc2cccnc2c1. The second-order valence-corrected chi connectivity index (χ2v) is 6.99. The number of hydrogen-bond acceptors (Lipinski definition) is 8. The van der Waals surface area contributed by atoms with E-state index >= 15 is 0 Å². The Morgan fingerprint density at radius 3 is 2.69 bits per heavy atom. The van der Waals surface area contributed by atoms with E-state index in [2.05, 4.69) is 30.6 Å². The second kappa shape index (κ2) is 7.66. The number of aromatic nitrogens is 4. The first kappa shape index (κ1) is 18.5. The number of fused-ring (bicyclic) bond motifs is 1. The van der Waals surface area contributed by atoms with E-state index < -0.39 is 17.9 Å². The van der Waals surface area contributed by atoms with Crippen molar-refractivity contribution < 1.29 is 9.59 Å². The van der Waals surface area contributed by atoms with Crippen LogP contribution in [0.4, 0.5) is 17.3 Å². The minimum Gasteiger partial charge on any atom is -0.368 e. The lowest BCUT2D eigenvalue weighted by atomic mass is 10.1. The Bertz CT molecular complexity index is 1080. The molecule has 0 aliphatic heterocycles. The molecule has 148 valence electrons. The maximum atomic E-state index is 11.8. The standard InChI is InChI=1S/C19H20N8O2/c20-17(28)14(6-10-3-4-10)26-15-9-24-16(18(21)29)19(27-15)25-11-7-13-12(23-8-11)2-1-5-22-13/h1-2,5,7-10,14H,3-4,6H2,(H2,20,28)(H2,21,29)(H2,25,26,27). The van der Waals surface area contributed by atoms with Gasteiger partial charge < -0.3 is 22.1 Å². The lowest BCUT2D eigenvalue weighted by Crippen LogP contribution is -2.36. The number of pyridine rings is 2. The van der Waals surface area contributed by atoms with Gasteiger partial charge in [-0.25, -0.2) is 9.97 Å². The highest BCUT2D eigenvalue weighted by Gasteiger charge is 2.28. The van der Waals surface area contributed by atoms with Crippen molar-refractivity contribution in [3.8, 4) is 0 Å². The van der Waals surface area contributed by atoms with E-state index in [1.165, 1.54) is 6.20 Å². The van der Waals surface area contributed by atoms with E-state index in [-0.39, 0.29) is 11.5 Å². The molecule has 1 atom stereocenters. The number of nitrogens with one attached hydrogen (secondary N) is 2. The van der Waals surface area contributed by atoms with Crippen LogP contribution in [0.3, 0.4) is 0 Å². The highest BCUT2D eigenvalue weighted by Crippen LogP contribution is 2.34. The highest BCUT2D eigenvalue weighted by molar-refractivity contribution is 5.96. The first-order valence-electron chi connectivity index (χ1n) is 9.20. The Morgan fingerprint density at radius 1 is 1.14 bits per heavy atom. The normalized spacial score (nSPS) is 14.3. The van der Waals surface area contributed by atoms with Gasteiger partial charge >= 0.3 is 0 Å². The maximum absolute atomic E-state index is 11.8. The third-order valence-corrected chi connectivity index (χ3v) is 4.65. The zero-order chi connectivity index (χ0) is 20.4. The number of rotatable bonds is 8. The molecule has 3 aromatic rings. The van der Waals surface area contributed by atoms with Gasteiger partial charge in [0.1, 0.15) is 11.9 Å². The number of nitrogens with zero attached hydrogens (tertiary/aromatic N) is 4. The van der Waals surface area contributed by atoms with Gasteiger partial charge in [-0.1, -0.05) is 12.8 Å². The smallest absolute Gasteiger partial charge is 0.271 e. The van der Waals surface area contributed by atoms with Crippen LogP contribution in [-0.2, 0) is 4.79 Å². The summed E-state index contributed by atoms with van der Waals surface area (Å²) in [5, 5.41) is 6.01. The van der Waals surface area contributed by atoms with Gasteiger partial charge in [0.05, 0.1) is 29.1 Å². The molecule has 0 aromatic carbocycles. The monoisotopic (exact) mass is 392 g/mol. The summed E-state index contributed by atoms with van der Waals surface area (Å²) < 4.78 is 0. The Hall–Kier alpha value is -3.82. The largest absolute Gasteiger partial charge is 0.368 e. The van der Waals surface area contributed by atoms with E-state index in [0.717, 1.165) is 18.4 Å². The van der Waals surface area contributed by atoms with E-state index in [1.54, 1.807) is 24.5 Å². The molecule has 10 heteroatoms. The van der Waals surface area contributed by atoms with E-state index in [1.807, 2.05) is 6.07 Å². The lowest BCUT2D eigenvalue weighted by molar-refractivity contribution is -0.118. The van der Waals surface area contributed by atoms with E-state index in [0.29, 0.717) is 29.4 Å². The fourth-order valence-electron chi connectivity index (χ4n) is 3.00. The van der Waals surface area contributed by atoms with Gasteiger partial charge in [-0.2, -0.15) is 0 Å². The molecule has 4 rings (SSSR count). The number of anilines is 3. The van der Waals surface area contributed by atoms with Crippen LogP contribution in [0.15, 0.2) is 36.8 Å². The van der Waals surface area contributed by atoms with Crippen molar-refractivity contribution in [2.75, 3.05) is 10.6 Å². The fraction of sp³-hybridized carbons (Fsp3) is 0.263. The van der Waals surface area contributed by atoms with Crippen molar-refractivity contribution in [3.05, 3.63) is 42.5 Å². The average Bonchev–Trinajstić information content (AvgIpc) is 3.51. The third-order valence-electron chi connectivity index (χ3n) is 4.65. The predicted octanol–water partition coefficient (Wildman–Crippen LogP) is 1.33. The Labute approximate surface area is 166 Å². The van der Waals surface area contributed by atoms with Crippen molar-refractivity contribution in [1.82, 2.24) is 19.9 Å². The summed E-state index contributed by atoms with van der Waals surface area (Å²) in [6.07, 6.45) is 7.43. The summed E-state index contributed by atoms with van der Waals surface area (Å²) in [4.78, 5) is 40.6. The summed E-state index contributed by atoms with van der Waals surface area (Å²) in [6.45, 7) is 0. The van der Waals surface area contributed by atoms with Crippen LogP contribution in [0.2, 0.25) is 0 Å². The van der Waals surface area contributed by atoms with Crippen LogP contribution in [0, 0.1) is 5.92 Å². The van der Waals surface area contributed by atoms with Crippen LogP contribution in [0.25, 0.3) is 11.0 Å². The topological polar surface area (TPSA) is 162 Å². The van der Waals surface area contributed by atoms with Gasteiger partial charge in [0.15, 0.2) is 11.5 Å². The van der Waals surface area contributed by atoms with E-state index in [9.17, 15) is 9.59 Å². The molecular weight excluding hydrogens is 372 g/mol. The summed E-state index contributed by atoms with van der Waals surface area (Å²) in [7, 11) is 0. The molecule has 0 radical (unpaired) electrons. The first-order valence-corrected chi connectivity index (χ1v) is 9.20. The molecule has 3 aromatic heterocycles. The number of nitrogens with two attached hydrogens (primary N) is 2. The Kier molecular flexibility index (Phi) is 4.90. The summed E-state index contributed by atoms with van der Waals surface area (Å²) in [5.41, 5.74) is 12.9. The van der Waals surface area contributed by atoms with Crippen molar-refractivity contribution in [2.45, 2.75) is 25.3 Å². The molecule has 1 unspecified atom stereocenters. The van der Waals surface area contributed by atoms with Crippen molar-refractivity contribution in [3.63, 3.8) is 0 Å². The second-order valence-electron chi connectivity index (χ2n) is 6.99. The zero-order valence-corrected chi connectivity index (χ0v) is 15.5. The molecule has 10 nitrogen and oxygen atoms in total. The van der Waals surface area contributed by atoms with Crippen molar-refractivity contribution in [1.29, 1.82) is 0 Å². The molecular formula is C19H20N8O2. The molecule has 0 bridgehead atoms. The quantitative estimate of drug-likeness (QED) is 0.446. The summed E-state index contributed by atoms with van der Waals surface area (Å²) >= 11 is 0. The molecule has 1 saturated carbocycles. The third kappa shape index (κ3) is 4.37. The van der Waals surface area contributed by atoms with Crippen LogP contribution in [-0.4, -0.2) is 37.8 Å². The van der Waals surface area contributed by atoms with Crippen molar-refractivity contribution in [2.24, 2.45) is 17.4 Å². The number of amides is 2. The fourth-order valence-corrected chi connectivity index (χ4v) is 3.00. The van der Waals surface area contributed by atoms with Gasteiger partial charge in [-0.15, -0.1) is 0 Å². The first-order chi connectivity index (χ1) is 14.0. The number of carbonyl (C=O) groups excluding carboxylic acids is 2. The summed E-state index contributed by atoms with van der Waals surface area (Å²) in [5.74, 6) is -0.241. The number of primary amides is 2. The molecule has 0 saturated heterocycles. The molecule has 1 aliphatic carbocycles.